The van der Waals surface area contributed by atoms with Crippen LogP contribution in [0.5, 0.6) is 0 Å². The summed E-state index contributed by atoms with van der Waals surface area (Å²) in [6, 6.07) is 17.6. The summed E-state index contributed by atoms with van der Waals surface area (Å²) < 4.78 is 27.4. The molecule has 0 radical (unpaired) electrons. The molecule has 5 rings (SSSR count). The fraction of sp³-hybridized carbons (Fsp3) is 0.231. The maximum Gasteiger partial charge on any atom is 0.274 e. The van der Waals surface area contributed by atoms with E-state index in [9.17, 15) is 18.0 Å². The molecule has 0 aliphatic carbocycles. The van der Waals surface area contributed by atoms with Crippen molar-refractivity contribution in [1.82, 2.24) is 0 Å². The zero-order valence-electron chi connectivity index (χ0n) is 19.0. The standard InChI is InChI=1S/C26H23ClN2O4S/c1-16-8-9-17(2)19(12-16)14-28-23-7-5-4-6-21(23)26(25(28)31)29(24(30)15-34(26,32)33)20-11-10-18(3)22(27)13-20/h4-13H,14-15H2,1-3H3/t26-/m1/s1. The maximum absolute atomic E-state index is 14.2. The molecule has 2 amide bonds. The van der Waals surface area contributed by atoms with Crippen molar-refractivity contribution in [2.75, 3.05) is 15.6 Å². The van der Waals surface area contributed by atoms with E-state index >= 15 is 0 Å². The third-order valence-electron chi connectivity index (χ3n) is 6.67. The van der Waals surface area contributed by atoms with Crippen molar-refractivity contribution in [3.63, 3.8) is 0 Å². The summed E-state index contributed by atoms with van der Waals surface area (Å²) in [5.74, 6) is -2.07. The van der Waals surface area contributed by atoms with Gasteiger partial charge in [-0.25, -0.2) is 8.42 Å². The van der Waals surface area contributed by atoms with E-state index in [0.717, 1.165) is 27.2 Å². The Balaban J connectivity index is 1.75. The van der Waals surface area contributed by atoms with Gasteiger partial charge in [-0.1, -0.05) is 59.6 Å². The molecule has 0 aromatic heterocycles. The molecular weight excluding hydrogens is 472 g/mol. The Bertz CT molecular complexity index is 1480. The average molecular weight is 495 g/mol. The van der Waals surface area contributed by atoms with Crippen LogP contribution in [-0.4, -0.2) is 26.0 Å². The molecule has 1 atom stereocenters. The topological polar surface area (TPSA) is 74.8 Å². The Morgan fingerprint density at radius 2 is 1.65 bits per heavy atom. The molecule has 8 heteroatoms. The van der Waals surface area contributed by atoms with Gasteiger partial charge < -0.3 is 4.90 Å². The van der Waals surface area contributed by atoms with E-state index in [0.29, 0.717) is 10.7 Å². The van der Waals surface area contributed by atoms with Crippen LogP contribution in [0.15, 0.2) is 60.7 Å². The first-order valence-corrected chi connectivity index (χ1v) is 12.9. The number of hydrogen-bond donors (Lipinski definition) is 0. The van der Waals surface area contributed by atoms with Crippen LogP contribution in [0.3, 0.4) is 0 Å². The normalized spacial score (nSPS) is 20.9. The Hall–Kier alpha value is -3.16. The first kappa shape index (κ1) is 22.6. The predicted molar refractivity (Wildman–Crippen MR) is 133 cm³/mol. The lowest BCUT2D eigenvalue weighted by Crippen LogP contribution is -2.54. The molecule has 34 heavy (non-hydrogen) atoms. The summed E-state index contributed by atoms with van der Waals surface area (Å²) in [7, 11) is -4.22. The summed E-state index contributed by atoms with van der Waals surface area (Å²) in [5, 5.41) is 0.385. The largest absolute Gasteiger partial charge is 0.304 e. The molecule has 0 N–H and O–H groups in total. The highest BCUT2D eigenvalue weighted by molar-refractivity contribution is 7.94. The van der Waals surface area contributed by atoms with Crippen molar-refractivity contribution in [3.05, 3.63) is 93.5 Å². The zero-order chi connectivity index (χ0) is 24.4. The number of para-hydroxylation sites is 1. The highest BCUT2D eigenvalue weighted by atomic mass is 35.5. The van der Waals surface area contributed by atoms with Crippen LogP contribution in [0.2, 0.25) is 5.02 Å². The summed E-state index contributed by atoms with van der Waals surface area (Å²) in [6.45, 7) is 5.92. The van der Waals surface area contributed by atoms with Gasteiger partial charge in [0, 0.05) is 16.3 Å². The minimum absolute atomic E-state index is 0.192. The Morgan fingerprint density at radius 1 is 0.941 bits per heavy atom. The van der Waals surface area contributed by atoms with Crippen LogP contribution >= 0.6 is 11.6 Å². The minimum Gasteiger partial charge on any atom is -0.304 e. The summed E-state index contributed by atoms with van der Waals surface area (Å²) in [4.78, 5) is 27.8. The minimum atomic E-state index is -4.22. The number of aryl methyl sites for hydroxylation is 3. The predicted octanol–water partition coefficient (Wildman–Crippen LogP) is 4.43. The number of amides is 2. The second-order valence-electron chi connectivity index (χ2n) is 8.90. The maximum atomic E-state index is 14.2. The van der Waals surface area contributed by atoms with Crippen LogP contribution in [0, 0.1) is 20.8 Å². The smallest absolute Gasteiger partial charge is 0.274 e. The van der Waals surface area contributed by atoms with Gasteiger partial charge in [-0.15, -0.1) is 0 Å². The fourth-order valence-corrected chi connectivity index (χ4v) is 7.12. The molecule has 174 valence electrons. The van der Waals surface area contributed by atoms with E-state index in [1.807, 2.05) is 39.0 Å². The van der Waals surface area contributed by atoms with Gasteiger partial charge in [0.1, 0.15) is 5.75 Å². The molecule has 0 saturated carbocycles. The van der Waals surface area contributed by atoms with Crippen LogP contribution < -0.4 is 9.80 Å². The fourth-order valence-electron chi connectivity index (χ4n) is 4.91. The molecule has 1 saturated heterocycles. The molecule has 2 aliphatic heterocycles. The molecule has 2 heterocycles. The van der Waals surface area contributed by atoms with Crippen LogP contribution in [0.4, 0.5) is 11.4 Å². The highest BCUT2D eigenvalue weighted by Crippen LogP contribution is 2.53. The number of anilines is 2. The van der Waals surface area contributed by atoms with Crippen molar-refractivity contribution in [3.8, 4) is 0 Å². The molecule has 1 spiro atoms. The Labute approximate surface area is 203 Å². The number of carbonyl (C=O) groups is 2. The SMILES string of the molecule is Cc1ccc(C)c(CN2C(=O)[C@]3(c4ccccc42)N(c2ccc(C)c(Cl)c2)C(=O)CS3(=O)=O)c1. The molecule has 0 unspecified atom stereocenters. The van der Waals surface area contributed by atoms with Gasteiger partial charge in [-0.3, -0.25) is 14.5 Å². The molecule has 2 aliphatic rings. The number of halogens is 1. The lowest BCUT2D eigenvalue weighted by Gasteiger charge is -2.33. The number of rotatable bonds is 3. The summed E-state index contributed by atoms with van der Waals surface area (Å²) in [5.41, 5.74) is 4.76. The molecule has 1 fully saturated rings. The third kappa shape index (κ3) is 3.03. The van der Waals surface area contributed by atoms with E-state index in [-0.39, 0.29) is 17.8 Å². The quantitative estimate of drug-likeness (QED) is 0.540. The van der Waals surface area contributed by atoms with Crippen LogP contribution in [0.1, 0.15) is 27.8 Å². The molecule has 3 aromatic rings. The number of benzene rings is 3. The van der Waals surface area contributed by atoms with Gasteiger partial charge >= 0.3 is 0 Å². The van der Waals surface area contributed by atoms with Crippen molar-refractivity contribution < 1.29 is 18.0 Å². The number of sulfone groups is 1. The van der Waals surface area contributed by atoms with E-state index < -0.39 is 32.3 Å². The van der Waals surface area contributed by atoms with Crippen LogP contribution in [-0.2, 0) is 30.8 Å². The Morgan fingerprint density at radius 3 is 2.38 bits per heavy atom. The number of hydrogen-bond acceptors (Lipinski definition) is 4. The van der Waals surface area contributed by atoms with E-state index in [1.54, 1.807) is 42.5 Å². The number of fused-ring (bicyclic) bond motifs is 2. The van der Waals surface area contributed by atoms with Gasteiger partial charge in [0.2, 0.25) is 5.91 Å². The zero-order valence-corrected chi connectivity index (χ0v) is 20.6. The third-order valence-corrected chi connectivity index (χ3v) is 9.18. The Kier molecular flexibility index (Phi) is 5.11. The van der Waals surface area contributed by atoms with Gasteiger partial charge in [0.25, 0.3) is 10.8 Å². The lowest BCUT2D eigenvalue weighted by molar-refractivity contribution is -0.123. The number of carbonyl (C=O) groups excluding carboxylic acids is 2. The van der Waals surface area contributed by atoms with Gasteiger partial charge in [0.05, 0.1) is 12.2 Å². The second kappa shape index (κ2) is 7.68. The van der Waals surface area contributed by atoms with E-state index in [1.165, 1.54) is 4.90 Å². The first-order chi connectivity index (χ1) is 16.1. The highest BCUT2D eigenvalue weighted by Gasteiger charge is 2.69. The van der Waals surface area contributed by atoms with E-state index in [4.69, 9.17) is 11.6 Å². The molecular formula is C26H23ClN2O4S. The van der Waals surface area contributed by atoms with Crippen LogP contribution in [0.25, 0.3) is 0 Å². The second-order valence-corrected chi connectivity index (χ2v) is 11.4. The van der Waals surface area contributed by atoms with Gasteiger partial charge in [0.15, 0.2) is 9.84 Å². The molecule has 6 nitrogen and oxygen atoms in total. The van der Waals surface area contributed by atoms with Crippen molar-refractivity contribution in [1.29, 1.82) is 0 Å². The van der Waals surface area contributed by atoms with Gasteiger partial charge in [-0.2, -0.15) is 0 Å². The van der Waals surface area contributed by atoms with Crippen molar-refractivity contribution in [2.24, 2.45) is 0 Å². The average Bonchev–Trinajstić information content (AvgIpc) is 3.15. The van der Waals surface area contributed by atoms with Crippen molar-refractivity contribution >= 4 is 44.6 Å². The molecule has 0 bridgehead atoms. The summed E-state index contributed by atoms with van der Waals surface area (Å²) in [6.07, 6.45) is 0. The monoisotopic (exact) mass is 494 g/mol. The number of nitrogens with zero attached hydrogens (tertiary/aromatic N) is 2. The first-order valence-electron chi connectivity index (χ1n) is 10.9. The van der Waals surface area contributed by atoms with Crippen molar-refractivity contribution in [2.45, 2.75) is 32.2 Å². The lowest BCUT2D eigenvalue weighted by atomic mass is 10.0. The van der Waals surface area contributed by atoms with Gasteiger partial charge in [-0.05, 0) is 55.7 Å². The van der Waals surface area contributed by atoms with E-state index in [2.05, 4.69) is 0 Å². The summed E-state index contributed by atoms with van der Waals surface area (Å²) >= 11 is 6.33. The molecule has 3 aromatic carbocycles.